The summed E-state index contributed by atoms with van der Waals surface area (Å²) < 4.78 is 10.5. The molecule has 6 heteroatoms. The van der Waals surface area contributed by atoms with Crippen molar-refractivity contribution >= 4 is 17.3 Å². The Bertz CT molecular complexity index is 669. The van der Waals surface area contributed by atoms with E-state index in [0.29, 0.717) is 33.0 Å². The second kappa shape index (κ2) is 5.37. The fraction of sp³-hybridized carbons (Fsp3) is 0.333. The number of thiazole rings is 1. The van der Waals surface area contributed by atoms with Crippen LogP contribution in [0.25, 0.3) is 10.6 Å². The summed E-state index contributed by atoms with van der Waals surface area (Å²) in [5.74, 6) is 0.706. The molecule has 2 aromatic rings. The number of carboxylic acids is 1. The van der Waals surface area contributed by atoms with Crippen LogP contribution >= 0.6 is 11.3 Å². The maximum Gasteiger partial charge on any atom is 0.347 e. The van der Waals surface area contributed by atoms with Gasteiger partial charge in [0.05, 0.1) is 19.9 Å². The molecule has 1 aliphatic carbocycles. The molecule has 0 unspecified atom stereocenters. The Morgan fingerprint density at radius 1 is 1.24 bits per heavy atom. The van der Waals surface area contributed by atoms with E-state index in [1.165, 1.54) is 11.3 Å². The molecule has 110 valence electrons. The second-order valence-corrected chi connectivity index (χ2v) is 5.91. The zero-order valence-corrected chi connectivity index (χ0v) is 12.6. The van der Waals surface area contributed by atoms with Gasteiger partial charge in [0.25, 0.3) is 0 Å². The number of hydrogen-bond donors (Lipinski definition) is 1. The van der Waals surface area contributed by atoms with Crippen LogP contribution in [0, 0.1) is 0 Å². The van der Waals surface area contributed by atoms with Gasteiger partial charge in [0.1, 0.15) is 21.4 Å². The molecule has 21 heavy (non-hydrogen) atoms. The molecular formula is C15H15NO4S. The van der Waals surface area contributed by atoms with E-state index in [2.05, 4.69) is 4.98 Å². The minimum atomic E-state index is -0.907. The van der Waals surface area contributed by atoms with Crippen molar-refractivity contribution in [3.8, 4) is 22.1 Å². The van der Waals surface area contributed by atoms with Crippen LogP contribution in [0.5, 0.6) is 11.5 Å². The van der Waals surface area contributed by atoms with Crippen LogP contribution in [0.4, 0.5) is 0 Å². The molecule has 1 saturated carbocycles. The molecule has 0 aliphatic heterocycles. The molecular weight excluding hydrogens is 290 g/mol. The standard InChI is InChI=1S/C15H15NO4S/c1-19-10-5-9(6-11(7-10)20-2)14-16-12(8-3-4-8)13(21-14)15(17)18/h5-8H,3-4H2,1-2H3,(H,17,18). The van der Waals surface area contributed by atoms with Gasteiger partial charge in [-0.3, -0.25) is 0 Å². The molecule has 1 N–H and O–H groups in total. The molecule has 1 aliphatic rings. The van der Waals surface area contributed by atoms with Crippen LogP contribution in [-0.2, 0) is 0 Å². The Morgan fingerprint density at radius 2 is 1.86 bits per heavy atom. The lowest BCUT2D eigenvalue weighted by Gasteiger charge is -2.06. The number of aromatic carboxylic acids is 1. The summed E-state index contributed by atoms with van der Waals surface area (Å²) in [6, 6.07) is 5.45. The average molecular weight is 305 g/mol. The monoisotopic (exact) mass is 305 g/mol. The third-order valence-electron chi connectivity index (χ3n) is 3.41. The molecule has 0 amide bonds. The second-order valence-electron chi connectivity index (χ2n) is 4.91. The lowest BCUT2D eigenvalue weighted by Crippen LogP contribution is -1.97. The van der Waals surface area contributed by atoms with Gasteiger partial charge in [-0.15, -0.1) is 11.3 Å². The van der Waals surface area contributed by atoms with Crippen molar-refractivity contribution < 1.29 is 19.4 Å². The number of aromatic nitrogens is 1. The quantitative estimate of drug-likeness (QED) is 0.917. The molecule has 1 aromatic carbocycles. The van der Waals surface area contributed by atoms with Gasteiger partial charge in [-0.25, -0.2) is 9.78 Å². The van der Waals surface area contributed by atoms with E-state index in [0.717, 1.165) is 18.4 Å². The largest absolute Gasteiger partial charge is 0.497 e. The zero-order valence-electron chi connectivity index (χ0n) is 11.8. The van der Waals surface area contributed by atoms with Gasteiger partial charge in [-0.2, -0.15) is 0 Å². The highest BCUT2D eigenvalue weighted by molar-refractivity contribution is 7.17. The van der Waals surface area contributed by atoms with Crippen molar-refractivity contribution in [3.05, 3.63) is 28.8 Å². The number of methoxy groups -OCH3 is 2. The fourth-order valence-electron chi connectivity index (χ4n) is 2.17. The van der Waals surface area contributed by atoms with Gasteiger partial charge >= 0.3 is 5.97 Å². The number of rotatable bonds is 5. The number of carbonyl (C=O) groups is 1. The zero-order chi connectivity index (χ0) is 15.0. The first-order valence-corrected chi connectivity index (χ1v) is 7.41. The Kier molecular flexibility index (Phi) is 3.55. The highest BCUT2D eigenvalue weighted by atomic mass is 32.1. The van der Waals surface area contributed by atoms with E-state index in [4.69, 9.17) is 9.47 Å². The summed E-state index contributed by atoms with van der Waals surface area (Å²) in [6.07, 6.45) is 2.04. The third-order valence-corrected chi connectivity index (χ3v) is 4.52. The van der Waals surface area contributed by atoms with Crippen LogP contribution in [0.1, 0.15) is 34.1 Å². The summed E-state index contributed by atoms with van der Waals surface area (Å²) in [7, 11) is 3.16. The third kappa shape index (κ3) is 2.71. The fourth-order valence-corrected chi connectivity index (χ4v) is 3.15. The van der Waals surface area contributed by atoms with Crippen molar-refractivity contribution in [2.45, 2.75) is 18.8 Å². The normalized spacial score (nSPS) is 14.0. The SMILES string of the molecule is COc1cc(OC)cc(-c2nc(C3CC3)c(C(=O)O)s2)c1. The summed E-state index contributed by atoms with van der Waals surface area (Å²) in [5.41, 5.74) is 1.52. The van der Waals surface area contributed by atoms with Gasteiger partial charge in [0, 0.05) is 17.5 Å². The van der Waals surface area contributed by atoms with Crippen LogP contribution in [0.3, 0.4) is 0 Å². The van der Waals surface area contributed by atoms with Crippen molar-refractivity contribution in [1.29, 1.82) is 0 Å². The van der Waals surface area contributed by atoms with Crippen LogP contribution in [0.15, 0.2) is 18.2 Å². The maximum absolute atomic E-state index is 11.4. The molecule has 0 bridgehead atoms. The van der Waals surface area contributed by atoms with Crippen LogP contribution in [-0.4, -0.2) is 30.3 Å². The predicted molar refractivity (Wildman–Crippen MR) is 79.6 cm³/mol. The van der Waals surface area contributed by atoms with E-state index in [1.54, 1.807) is 20.3 Å². The van der Waals surface area contributed by atoms with Gasteiger partial charge in [0.15, 0.2) is 0 Å². The Morgan fingerprint density at radius 3 is 2.33 bits per heavy atom. The van der Waals surface area contributed by atoms with Crippen molar-refractivity contribution in [2.75, 3.05) is 14.2 Å². The molecule has 0 atom stereocenters. The Labute approximate surface area is 126 Å². The number of carboxylic acid groups (broad SMARTS) is 1. The number of hydrogen-bond acceptors (Lipinski definition) is 5. The van der Waals surface area contributed by atoms with Gasteiger partial charge in [0.2, 0.25) is 0 Å². The van der Waals surface area contributed by atoms with Gasteiger partial charge in [-0.1, -0.05) is 0 Å². The Balaban J connectivity index is 2.07. The summed E-state index contributed by atoms with van der Waals surface area (Å²) in [4.78, 5) is 16.2. The number of nitrogens with zero attached hydrogens (tertiary/aromatic N) is 1. The molecule has 0 spiro atoms. The number of benzene rings is 1. The van der Waals surface area contributed by atoms with Crippen molar-refractivity contribution in [2.24, 2.45) is 0 Å². The number of ether oxygens (including phenoxy) is 2. The van der Waals surface area contributed by atoms with Crippen LogP contribution in [0.2, 0.25) is 0 Å². The first-order chi connectivity index (χ1) is 10.1. The van der Waals surface area contributed by atoms with E-state index in [9.17, 15) is 9.90 Å². The molecule has 1 fully saturated rings. The van der Waals surface area contributed by atoms with E-state index >= 15 is 0 Å². The smallest absolute Gasteiger partial charge is 0.347 e. The lowest BCUT2D eigenvalue weighted by molar-refractivity contribution is 0.0700. The molecule has 1 aromatic heterocycles. The molecule has 0 saturated heterocycles. The van der Waals surface area contributed by atoms with Crippen molar-refractivity contribution in [1.82, 2.24) is 4.98 Å². The highest BCUT2D eigenvalue weighted by Crippen LogP contribution is 2.44. The predicted octanol–water partition coefficient (Wildman–Crippen LogP) is 3.40. The first kappa shape index (κ1) is 13.9. The minimum absolute atomic E-state index is 0.300. The lowest BCUT2D eigenvalue weighted by atomic mass is 10.2. The minimum Gasteiger partial charge on any atom is -0.497 e. The van der Waals surface area contributed by atoms with Crippen LogP contribution < -0.4 is 9.47 Å². The molecule has 3 rings (SSSR count). The van der Waals surface area contributed by atoms with Crippen molar-refractivity contribution in [3.63, 3.8) is 0 Å². The first-order valence-electron chi connectivity index (χ1n) is 6.60. The average Bonchev–Trinajstić information content (AvgIpc) is 3.24. The van der Waals surface area contributed by atoms with Gasteiger partial charge < -0.3 is 14.6 Å². The van der Waals surface area contributed by atoms with Gasteiger partial charge in [-0.05, 0) is 25.0 Å². The molecule has 5 nitrogen and oxygen atoms in total. The highest BCUT2D eigenvalue weighted by Gasteiger charge is 2.32. The van der Waals surface area contributed by atoms with E-state index in [1.807, 2.05) is 12.1 Å². The maximum atomic E-state index is 11.4. The topological polar surface area (TPSA) is 68.7 Å². The van der Waals surface area contributed by atoms with E-state index in [-0.39, 0.29) is 0 Å². The summed E-state index contributed by atoms with van der Waals surface area (Å²) in [5, 5.41) is 10.0. The molecule has 0 radical (unpaired) electrons. The Hall–Kier alpha value is -2.08. The summed E-state index contributed by atoms with van der Waals surface area (Å²) in [6.45, 7) is 0. The molecule has 1 heterocycles. The van der Waals surface area contributed by atoms with E-state index < -0.39 is 5.97 Å². The summed E-state index contributed by atoms with van der Waals surface area (Å²) >= 11 is 1.21.